The van der Waals surface area contributed by atoms with E-state index in [1.807, 2.05) is 0 Å². The molecule has 6 nitrogen and oxygen atoms in total. The fourth-order valence-corrected chi connectivity index (χ4v) is 2.75. The lowest BCUT2D eigenvalue weighted by molar-refractivity contribution is -0.123. The van der Waals surface area contributed by atoms with Crippen LogP contribution in [0.15, 0.2) is 53.4 Å². The predicted molar refractivity (Wildman–Crippen MR) is 104 cm³/mol. The molecule has 9 heteroatoms. The summed E-state index contributed by atoms with van der Waals surface area (Å²) < 4.78 is 29.9. The number of anilines is 2. The van der Waals surface area contributed by atoms with Gasteiger partial charge in [-0.3, -0.25) is 4.79 Å². The molecule has 0 aliphatic rings. The number of aliphatic hydroxyl groups is 1. The second-order valence-electron chi connectivity index (χ2n) is 5.64. The van der Waals surface area contributed by atoms with Crippen molar-refractivity contribution in [3.63, 3.8) is 0 Å². The van der Waals surface area contributed by atoms with Crippen molar-refractivity contribution in [2.45, 2.75) is 23.7 Å². The van der Waals surface area contributed by atoms with E-state index >= 15 is 0 Å². The highest BCUT2D eigenvalue weighted by molar-refractivity contribution is 7.99. The topological polar surface area (TPSA) is 87.7 Å². The molecule has 3 N–H and O–H groups in total. The van der Waals surface area contributed by atoms with Crippen molar-refractivity contribution >= 4 is 35.0 Å². The highest BCUT2D eigenvalue weighted by atomic mass is 32.2. The third-order valence-corrected chi connectivity index (χ3v) is 4.30. The number of aliphatic hydroxyl groups excluding tert-OH is 1. The zero-order chi connectivity index (χ0) is 20.5. The number of esters is 1. The zero-order valence-electron chi connectivity index (χ0n) is 15.0. The number of para-hydroxylation sites is 1. The fraction of sp³-hybridized carbons (Fsp3) is 0.263. The van der Waals surface area contributed by atoms with E-state index in [2.05, 4.69) is 10.6 Å². The van der Waals surface area contributed by atoms with Crippen LogP contribution in [0.3, 0.4) is 0 Å². The highest BCUT2D eigenvalue weighted by Crippen LogP contribution is 2.26. The third-order valence-electron chi connectivity index (χ3n) is 3.57. The van der Waals surface area contributed by atoms with Crippen molar-refractivity contribution in [3.05, 3.63) is 54.1 Å². The fourth-order valence-electron chi connectivity index (χ4n) is 2.25. The number of hydrogen-bond donors (Lipinski definition) is 3. The number of nitrogens with one attached hydrogen (secondary N) is 2. The minimum Gasteiger partial charge on any atom is -0.449 e. The lowest BCUT2D eigenvalue weighted by Crippen LogP contribution is -2.30. The largest absolute Gasteiger partial charge is 0.449 e. The Labute approximate surface area is 165 Å². The number of ether oxygens (including phenoxy) is 1. The van der Waals surface area contributed by atoms with Gasteiger partial charge in [0.25, 0.3) is 11.7 Å². The predicted octanol–water partition coefficient (Wildman–Crippen LogP) is 3.59. The van der Waals surface area contributed by atoms with Crippen LogP contribution in [0, 0.1) is 0 Å². The van der Waals surface area contributed by atoms with Gasteiger partial charge >= 0.3 is 5.97 Å². The second-order valence-corrected chi connectivity index (χ2v) is 6.70. The first kappa shape index (κ1) is 21.6. The minimum absolute atomic E-state index is 0.100. The molecule has 0 fully saturated rings. The van der Waals surface area contributed by atoms with Crippen LogP contribution in [0.1, 0.15) is 17.3 Å². The van der Waals surface area contributed by atoms with E-state index in [0.717, 1.165) is 0 Å². The standard InChI is InChI=1S/C19H20F2N2O4S/c1-12(17(25)23-13-6-8-14(9-7-13)28-19(20)21)27-18(26)15-4-2-3-5-16(15)22-10-11-24/h2-9,12,19,22,24H,10-11H2,1H3,(H,23,25). The van der Waals surface area contributed by atoms with E-state index in [0.29, 0.717) is 28.0 Å². The summed E-state index contributed by atoms with van der Waals surface area (Å²) in [6.07, 6.45) is -1.08. The summed E-state index contributed by atoms with van der Waals surface area (Å²) in [6.45, 7) is 1.59. The number of rotatable bonds is 9. The Bertz CT molecular complexity index is 803. The number of alkyl halides is 2. The van der Waals surface area contributed by atoms with E-state index in [1.165, 1.54) is 31.2 Å². The third kappa shape index (κ3) is 6.50. The van der Waals surface area contributed by atoms with Gasteiger partial charge < -0.3 is 20.5 Å². The molecule has 0 heterocycles. The van der Waals surface area contributed by atoms with Crippen molar-refractivity contribution in [2.24, 2.45) is 0 Å². The summed E-state index contributed by atoms with van der Waals surface area (Å²) in [7, 11) is 0. The van der Waals surface area contributed by atoms with Crippen molar-refractivity contribution in [2.75, 3.05) is 23.8 Å². The van der Waals surface area contributed by atoms with E-state index in [9.17, 15) is 18.4 Å². The van der Waals surface area contributed by atoms with Crippen molar-refractivity contribution in [1.82, 2.24) is 0 Å². The molecule has 0 bridgehead atoms. The first-order chi connectivity index (χ1) is 13.4. The van der Waals surface area contributed by atoms with Gasteiger partial charge in [0, 0.05) is 22.8 Å². The molecule has 1 amide bonds. The molecule has 28 heavy (non-hydrogen) atoms. The Kier molecular flexibility index (Phi) is 8.21. The molecule has 0 aliphatic carbocycles. The van der Waals surface area contributed by atoms with Crippen LogP contribution in [0.25, 0.3) is 0 Å². The molecule has 0 saturated heterocycles. The van der Waals surface area contributed by atoms with E-state index in [1.54, 1.807) is 24.3 Å². The van der Waals surface area contributed by atoms with Crippen LogP contribution < -0.4 is 10.6 Å². The number of carbonyl (C=O) groups is 2. The normalized spacial score (nSPS) is 11.8. The zero-order valence-corrected chi connectivity index (χ0v) is 15.8. The Balaban J connectivity index is 1.96. The van der Waals surface area contributed by atoms with Gasteiger partial charge in [0.05, 0.1) is 12.2 Å². The quantitative estimate of drug-likeness (QED) is 0.433. The van der Waals surface area contributed by atoms with Gasteiger partial charge in [-0.25, -0.2) is 4.79 Å². The smallest absolute Gasteiger partial charge is 0.341 e. The summed E-state index contributed by atoms with van der Waals surface area (Å²) in [5.74, 6) is -3.76. The molecule has 2 rings (SSSR count). The Morgan fingerprint density at radius 1 is 1.14 bits per heavy atom. The molecule has 0 radical (unpaired) electrons. The number of benzene rings is 2. The average molecular weight is 410 g/mol. The van der Waals surface area contributed by atoms with Gasteiger partial charge in [0.2, 0.25) is 0 Å². The summed E-state index contributed by atoms with van der Waals surface area (Å²) >= 11 is 0.408. The number of hydrogen-bond acceptors (Lipinski definition) is 6. The van der Waals surface area contributed by atoms with Crippen LogP contribution >= 0.6 is 11.8 Å². The van der Waals surface area contributed by atoms with Crippen molar-refractivity contribution in [3.8, 4) is 0 Å². The van der Waals surface area contributed by atoms with Gasteiger partial charge in [-0.1, -0.05) is 23.9 Å². The van der Waals surface area contributed by atoms with Gasteiger partial charge in [0.1, 0.15) is 0 Å². The molecule has 0 saturated carbocycles. The molecule has 0 aromatic heterocycles. The summed E-state index contributed by atoms with van der Waals surface area (Å²) in [6, 6.07) is 12.5. The molecule has 2 aromatic rings. The van der Waals surface area contributed by atoms with Crippen LogP contribution in [0.5, 0.6) is 0 Å². The van der Waals surface area contributed by atoms with Crippen molar-refractivity contribution in [1.29, 1.82) is 0 Å². The molecular formula is C19H20F2N2O4S. The maximum Gasteiger partial charge on any atom is 0.341 e. The Hall–Kier alpha value is -2.65. The number of thioether (sulfide) groups is 1. The highest BCUT2D eigenvalue weighted by Gasteiger charge is 2.21. The van der Waals surface area contributed by atoms with Crippen LogP contribution in [0.4, 0.5) is 20.2 Å². The summed E-state index contributed by atoms with van der Waals surface area (Å²) in [4.78, 5) is 25.0. The van der Waals surface area contributed by atoms with E-state index < -0.39 is 23.7 Å². The average Bonchev–Trinajstić information content (AvgIpc) is 2.67. The molecule has 2 aromatic carbocycles. The second kappa shape index (κ2) is 10.6. The lowest BCUT2D eigenvalue weighted by Gasteiger charge is -2.15. The van der Waals surface area contributed by atoms with Crippen LogP contribution in [0.2, 0.25) is 0 Å². The van der Waals surface area contributed by atoms with Gasteiger partial charge in [0.15, 0.2) is 6.10 Å². The minimum atomic E-state index is -2.52. The molecule has 1 atom stereocenters. The number of halogens is 2. The van der Waals surface area contributed by atoms with Gasteiger partial charge in [-0.15, -0.1) is 0 Å². The molecule has 1 unspecified atom stereocenters. The van der Waals surface area contributed by atoms with Crippen molar-refractivity contribution < 1.29 is 28.2 Å². The monoisotopic (exact) mass is 410 g/mol. The maximum atomic E-state index is 12.4. The summed E-state index contributed by atoms with van der Waals surface area (Å²) in [5, 5.41) is 14.4. The maximum absolute atomic E-state index is 12.4. The molecular weight excluding hydrogens is 390 g/mol. The van der Waals surface area contributed by atoms with Crippen LogP contribution in [-0.4, -0.2) is 42.0 Å². The van der Waals surface area contributed by atoms with Gasteiger partial charge in [-0.2, -0.15) is 8.78 Å². The Morgan fingerprint density at radius 2 is 1.82 bits per heavy atom. The first-order valence-corrected chi connectivity index (χ1v) is 9.29. The molecule has 150 valence electrons. The molecule has 0 spiro atoms. The van der Waals surface area contributed by atoms with E-state index in [-0.39, 0.29) is 18.7 Å². The van der Waals surface area contributed by atoms with Gasteiger partial charge in [-0.05, 0) is 43.3 Å². The Morgan fingerprint density at radius 3 is 2.46 bits per heavy atom. The van der Waals surface area contributed by atoms with Crippen LogP contribution in [-0.2, 0) is 9.53 Å². The van der Waals surface area contributed by atoms with E-state index in [4.69, 9.17) is 9.84 Å². The number of amides is 1. The molecule has 0 aliphatic heterocycles. The lowest BCUT2D eigenvalue weighted by atomic mass is 10.1. The SMILES string of the molecule is CC(OC(=O)c1ccccc1NCCO)C(=O)Nc1ccc(SC(F)F)cc1. The summed E-state index contributed by atoms with van der Waals surface area (Å²) in [5.41, 5.74) is 1.13. The first-order valence-electron chi connectivity index (χ1n) is 8.41. The number of carbonyl (C=O) groups excluding carboxylic acids is 2.